The van der Waals surface area contributed by atoms with Gasteiger partial charge < -0.3 is 24.7 Å². The van der Waals surface area contributed by atoms with E-state index in [-0.39, 0.29) is 17.5 Å². The van der Waals surface area contributed by atoms with Gasteiger partial charge in [-0.1, -0.05) is 0 Å². The molecule has 146 valence electrons. The highest BCUT2D eigenvalue weighted by molar-refractivity contribution is 6.06. The molecule has 8 nitrogen and oxygen atoms in total. The Bertz CT molecular complexity index is 653. The number of aromatic nitrogens is 1. The third-order valence-electron chi connectivity index (χ3n) is 4.26. The molecule has 0 radical (unpaired) electrons. The number of rotatable bonds is 9. The predicted octanol–water partition coefficient (Wildman–Crippen LogP) is 2.06. The van der Waals surface area contributed by atoms with Gasteiger partial charge in [0.25, 0.3) is 0 Å². The number of carbonyl (C=O) groups is 3. The van der Waals surface area contributed by atoms with E-state index in [1.165, 1.54) is 12.0 Å². The van der Waals surface area contributed by atoms with Crippen molar-refractivity contribution in [1.29, 1.82) is 0 Å². The van der Waals surface area contributed by atoms with E-state index in [0.29, 0.717) is 42.9 Å². The average molecular weight is 367 g/mol. The van der Waals surface area contributed by atoms with Crippen LogP contribution in [0.25, 0.3) is 0 Å². The summed E-state index contributed by atoms with van der Waals surface area (Å²) in [5, 5.41) is 2.73. The monoisotopic (exact) mass is 367 g/mol. The Morgan fingerprint density at radius 3 is 2.42 bits per heavy atom. The Kier molecular flexibility index (Phi) is 8.31. The van der Waals surface area contributed by atoms with Crippen LogP contribution in [-0.4, -0.2) is 67.6 Å². The minimum Gasteiger partial charge on any atom is -0.464 e. The first-order valence-electron chi connectivity index (χ1n) is 8.65. The van der Waals surface area contributed by atoms with Gasteiger partial charge in [-0.3, -0.25) is 4.79 Å². The number of aromatic amines is 1. The zero-order valence-corrected chi connectivity index (χ0v) is 16.4. The summed E-state index contributed by atoms with van der Waals surface area (Å²) in [7, 11) is 2.88. The van der Waals surface area contributed by atoms with Crippen LogP contribution in [-0.2, 0) is 9.47 Å². The van der Waals surface area contributed by atoms with Crippen molar-refractivity contribution < 1.29 is 23.9 Å². The molecule has 1 rings (SSSR count). The Morgan fingerprint density at radius 1 is 1.23 bits per heavy atom. The van der Waals surface area contributed by atoms with Gasteiger partial charge >= 0.3 is 12.0 Å². The number of hydrogen-bond acceptors (Lipinski definition) is 5. The maximum absolute atomic E-state index is 13.1. The number of ether oxygens (including phenoxy) is 2. The van der Waals surface area contributed by atoms with Crippen molar-refractivity contribution in [3.05, 3.63) is 22.5 Å². The first-order chi connectivity index (χ1) is 12.3. The summed E-state index contributed by atoms with van der Waals surface area (Å²) in [6.45, 7) is 8.27. The van der Waals surface area contributed by atoms with Gasteiger partial charge in [0.15, 0.2) is 5.78 Å². The van der Waals surface area contributed by atoms with Crippen molar-refractivity contribution in [1.82, 2.24) is 15.2 Å². The van der Waals surface area contributed by atoms with E-state index in [4.69, 9.17) is 9.47 Å². The van der Waals surface area contributed by atoms with Crippen molar-refractivity contribution in [3.63, 3.8) is 0 Å². The largest absolute Gasteiger partial charge is 0.464 e. The summed E-state index contributed by atoms with van der Waals surface area (Å²) in [6.07, 6.45) is 0.615. The van der Waals surface area contributed by atoms with E-state index in [1.54, 1.807) is 27.9 Å². The quantitative estimate of drug-likeness (QED) is 0.395. The number of nitrogens with zero attached hydrogens (tertiary/aromatic N) is 1. The maximum Gasteiger partial charge on any atom is 0.354 e. The lowest BCUT2D eigenvalue weighted by atomic mass is 10.00. The lowest BCUT2D eigenvalue weighted by molar-refractivity contribution is 0.0593. The van der Waals surface area contributed by atoms with Crippen LogP contribution in [0.1, 0.15) is 52.4 Å². The number of carbonyl (C=O) groups excluding carboxylic acids is 3. The van der Waals surface area contributed by atoms with Gasteiger partial charge in [0.05, 0.1) is 13.2 Å². The van der Waals surface area contributed by atoms with E-state index in [2.05, 4.69) is 10.3 Å². The van der Waals surface area contributed by atoms with Crippen LogP contribution in [0.3, 0.4) is 0 Å². The normalized spacial score (nSPS) is 11.8. The van der Waals surface area contributed by atoms with E-state index in [0.717, 1.165) is 0 Å². The first-order valence-corrected chi connectivity index (χ1v) is 8.65. The molecule has 0 aliphatic carbocycles. The van der Waals surface area contributed by atoms with Crippen LogP contribution in [0.4, 0.5) is 4.79 Å². The van der Waals surface area contributed by atoms with Gasteiger partial charge in [0.1, 0.15) is 5.69 Å². The second-order valence-electron chi connectivity index (χ2n) is 6.03. The molecule has 2 amide bonds. The van der Waals surface area contributed by atoms with Crippen molar-refractivity contribution in [2.45, 2.75) is 40.2 Å². The first kappa shape index (κ1) is 21.7. The van der Waals surface area contributed by atoms with E-state index >= 15 is 0 Å². The molecule has 26 heavy (non-hydrogen) atoms. The molecule has 1 heterocycles. The zero-order chi connectivity index (χ0) is 19.9. The molecule has 0 spiro atoms. The maximum atomic E-state index is 13.1. The Balaban J connectivity index is 3.13. The number of esters is 1. The van der Waals surface area contributed by atoms with Gasteiger partial charge in [-0.2, -0.15) is 0 Å². The second-order valence-corrected chi connectivity index (χ2v) is 6.03. The molecule has 0 aromatic carbocycles. The molecule has 0 bridgehead atoms. The molecule has 1 unspecified atom stereocenters. The molecule has 0 fully saturated rings. The van der Waals surface area contributed by atoms with Gasteiger partial charge in [-0.15, -0.1) is 0 Å². The van der Waals surface area contributed by atoms with Crippen LogP contribution in [0, 0.1) is 13.8 Å². The van der Waals surface area contributed by atoms with Crippen LogP contribution in [0.15, 0.2) is 0 Å². The highest BCUT2D eigenvalue weighted by Gasteiger charge is 2.30. The number of ketones is 1. The molecule has 1 aromatic rings. The summed E-state index contributed by atoms with van der Waals surface area (Å²) in [6, 6.07) is -0.986. The van der Waals surface area contributed by atoms with Crippen molar-refractivity contribution in [2.75, 3.05) is 33.9 Å². The fraction of sp³-hybridized carbons (Fsp3) is 0.611. The van der Waals surface area contributed by atoms with Crippen LogP contribution < -0.4 is 5.32 Å². The fourth-order valence-corrected chi connectivity index (χ4v) is 2.88. The number of aryl methyl sites for hydroxylation is 1. The van der Waals surface area contributed by atoms with Crippen molar-refractivity contribution in [2.24, 2.45) is 0 Å². The third-order valence-corrected chi connectivity index (χ3v) is 4.26. The highest BCUT2D eigenvalue weighted by Crippen LogP contribution is 2.22. The number of methoxy groups -OCH3 is 2. The number of H-pyrrole nitrogens is 1. The van der Waals surface area contributed by atoms with Crippen molar-refractivity contribution >= 4 is 17.8 Å². The molecule has 0 saturated carbocycles. The van der Waals surface area contributed by atoms with Crippen LogP contribution in [0.2, 0.25) is 0 Å². The fourth-order valence-electron chi connectivity index (χ4n) is 2.88. The summed E-state index contributed by atoms with van der Waals surface area (Å²) in [5.74, 6) is -0.756. The van der Waals surface area contributed by atoms with Gasteiger partial charge in [0.2, 0.25) is 0 Å². The molecule has 1 atom stereocenters. The Morgan fingerprint density at radius 2 is 1.88 bits per heavy atom. The summed E-state index contributed by atoms with van der Waals surface area (Å²) < 4.78 is 9.78. The standard InChI is InChI=1S/C18H29N3O5/c1-7-19-18(24)21(9-8-10-25-5)13(4)16(22)14-11(2)15(17(23)26-6)20-12(14)3/h13,20H,7-10H2,1-6H3,(H,19,24). The summed E-state index contributed by atoms with van der Waals surface area (Å²) in [5.41, 5.74) is 1.77. The van der Waals surface area contributed by atoms with Gasteiger partial charge in [-0.05, 0) is 39.7 Å². The molecule has 8 heteroatoms. The van der Waals surface area contributed by atoms with E-state index < -0.39 is 12.0 Å². The highest BCUT2D eigenvalue weighted by atomic mass is 16.5. The zero-order valence-electron chi connectivity index (χ0n) is 16.4. The smallest absolute Gasteiger partial charge is 0.354 e. The molecule has 0 saturated heterocycles. The number of hydrogen-bond donors (Lipinski definition) is 2. The molecule has 0 aliphatic rings. The predicted molar refractivity (Wildman–Crippen MR) is 97.7 cm³/mol. The molecular weight excluding hydrogens is 338 g/mol. The van der Waals surface area contributed by atoms with Gasteiger partial charge in [0, 0.05) is 38.1 Å². The summed E-state index contributed by atoms with van der Waals surface area (Å²) in [4.78, 5) is 41.7. The minimum atomic E-state index is -0.683. The lowest BCUT2D eigenvalue weighted by Crippen LogP contribution is -2.49. The van der Waals surface area contributed by atoms with E-state index in [9.17, 15) is 14.4 Å². The van der Waals surface area contributed by atoms with Crippen molar-refractivity contribution in [3.8, 4) is 0 Å². The molecule has 2 N–H and O–H groups in total. The SMILES string of the molecule is CCNC(=O)N(CCCOC)C(C)C(=O)c1c(C)[nH]c(C(=O)OC)c1C. The second kappa shape index (κ2) is 9.96. The third kappa shape index (κ3) is 4.85. The molecule has 0 aliphatic heterocycles. The van der Waals surface area contributed by atoms with Crippen LogP contribution >= 0.6 is 0 Å². The van der Waals surface area contributed by atoms with Crippen LogP contribution in [0.5, 0.6) is 0 Å². The number of amides is 2. The Labute approximate surface area is 154 Å². The number of urea groups is 1. The molecule has 1 aromatic heterocycles. The number of nitrogens with one attached hydrogen (secondary N) is 2. The minimum absolute atomic E-state index is 0.227. The average Bonchev–Trinajstić information content (AvgIpc) is 2.91. The number of Topliss-reactive ketones (excluding diaryl/α,β-unsaturated/α-hetero) is 1. The lowest BCUT2D eigenvalue weighted by Gasteiger charge is -2.28. The Hall–Kier alpha value is -2.35. The summed E-state index contributed by atoms with van der Waals surface area (Å²) >= 11 is 0. The topological polar surface area (TPSA) is 101 Å². The molecular formula is C18H29N3O5. The van der Waals surface area contributed by atoms with E-state index in [1.807, 2.05) is 6.92 Å². The van der Waals surface area contributed by atoms with Gasteiger partial charge in [-0.25, -0.2) is 9.59 Å².